The van der Waals surface area contributed by atoms with Crippen LogP contribution >= 0.6 is 23.2 Å². The van der Waals surface area contributed by atoms with Crippen molar-refractivity contribution in [3.05, 3.63) is 16.6 Å². The molecule has 0 spiro atoms. The fourth-order valence-electron chi connectivity index (χ4n) is 1.85. The van der Waals surface area contributed by atoms with Crippen LogP contribution in [0.4, 0.5) is 5.69 Å². The van der Waals surface area contributed by atoms with Gasteiger partial charge in [0.1, 0.15) is 0 Å². The molecule has 1 saturated carbocycles. The van der Waals surface area contributed by atoms with E-state index in [1.807, 2.05) is 0 Å². The second-order valence-electron chi connectivity index (χ2n) is 3.81. The van der Waals surface area contributed by atoms with E-state index in [0.29, 0.717) is 5.69 Å². The third-order valence-corrected chi connectivity index (χ3v) is 3.17. The number of nitrogens with one attached hydrogen (secondary N) is 1. The molecule has 2 rings (SSSR count). The van der Waals surface area contributed by atoms with Crippen molar-refractivity contribution in [1.82, 2.24) is 9.97 Å². The Balaban J connectivity index is 2.05. The van der Waals surface area contributed by atoms with Crippen molar-refractivity contribution in [2.24, 2.45) is 5.92 Å². The van der Waals surface area contributed by atoms with Gasteiger partial charge in [0.2, 0.25) is 11.2 Å². The third-order valence-electron chi connectivity index (χ3n) is 2.70. The Morgan fingerprint density at radius 3 is 2.69 bits per heavy atom. The molecule has 1 aromatic rings. The molecule has 4 nitrogen and oxygen atoms in total. The fourth-order valence-corrected chi connectivity index (χ4v) is 2.20. The summed E-state index contributed by atoms with van der Waals surface area (Å²) in [4.78, 5) is 19.3. The van der Waals surface area contributed by atoms with Crippen LogP contribution in [0.3, 0.4) is 0 Å². The molecule has 0 radical (unpaired) electrons. The Morgan fingerprint density at radius 2 is 2.06 bits per heavy atom. The van der Waals surface area contributed by atoms with Gasteiger partial charge in [0.05, 0.1) is 11.9 Å². The summed E-state index contributed by atoms with van der Waals surface area (Å²) in [7, 11) is 0. The molecule has 1 heterocycles. The number of hydrogen-bond acceptors (Lipinski definition) is 3. The summed E-state index contributed by atoms with van der Waals surface area (Å²) in [5, 5.41) is 2.97. The molecular weight excluding hydrogens is 249 g/mol. The highest BCUT2D eigenvalue weighted by Gasteiger charge is 2.23. The fraction of sp³-hybridized carbons (Fsp3) is 0.500. The van der Waals surface area contributed by atoms with Crippen molar-refractivity contribution in [2.75, 3.05) is 5.32 Å². The minimum absolute atomic E-state index is 0.00896. The highest BCUT2D eigenvalue weighted by Crippen LogP contribution is 2.27. The predicted octanol–water partition coefficient (Wildman–Crippen LogP) is 2.91. The molecule has 1 N–H and O–H groups in total. The number of halogens is 2. The zero-order valence-electron chi connectivity index (χ0n) is 8.54. The van der Waals surface area contributed by atoms with Gasteiger partial charge in [-0.25, -0.2) is 9.97 Å². The molecule has 86 valence electrons. The topological polar surface area (TPSA) is 54.9 Å². The van der Waals surface area contributed by atoms with Gasteiger partial charge in [-0.1, -0.05) is 24.4 Å². The number of rotatable bonds is 2. The normalized spacial score (nSPS) is 16.4. The number of nitrogens with zero attached hydrogens (tertiary/aromatic N) is 2. The second kappa shape index (κ2) is 4.97. The molecule has 0 aromatic carbocycles. The molecule has 1 aromatic heterocycles. The van der Waals surface area contributed by atoms with E-state index >= 15 is 0 Å². The SMILES string of the molecule is O=C(Nc1cnc(Cl)nc1Cl)C1CCCC1. The van der Waals surface area contributed by atoms with Crippen molar-refractivity contribution in [3.8, 4) is 0 Å². The summed E-state index contributed by atoms with van der Waals surface area (Å²) < 4.78 is 0. The number of carbonyl (C=O) groups excluding carboxylic acids is 1. The molecule has 6 heteroatoms. The van der Waals surface area contributed by atoms with Crippen molar-refractivity contribution in [3.63, 3.8) is 0 Å². The van der Waals surface area contributed by atoms with Gasteiger partial charge in [0.25, 0.3) is 0 Å². The van der Waals surface area contributed by atoms with E-state index in [-0.39, 0.29) is 22.3 Å². The van der Waals surface area contributed by atoms with Gasteiger partial charge in [-0.05, 0) is 24.4 Å². The first-order chi connectivity index (χ1) is 7.66. The molecule has 1 aliphatic rings. The lowest BCUT2D eigenvalue weighted by atomic mass is 10.1. The number of amides is 1. The molecule has 1 aliphatic carbocycles. The van der Waals surface area contributed by atoms with Crippen LogP contribution in [-0.2, 0) is 4.79 Å². The third kappa shape index (κ3) is 2.62. The van der Waals surface area contributed by atoms with Gasteiger partial charge >= 0.3 is 0 Å². The van der Waals surface area contributed by atoms with E-state index in [2.05, 4.69) is 15.3 Å². The lowest BCUT2D eigenvalue weighted by Crippen LogP contribution is -2.20. The molecule has 1 fully saturated rings. The van der Waals surface area contributed by atoms with E-state index in [1.165, 1.54) is 6.20 Å². The molecule has 0 saturated heterocycles. The van der Waals surface area contributed by atoms with E-state index in [1.54, 1.807) is 0 Å². The van der Waals surface area contributed by atoms with Gasteiger partial charge < -0.3 is 5.32 Å². The molecule has 0 unspecified atom stereocenters. The molecule has 0 aliphatic heterocycles. The highest BCUT2D eigenvalue weighted by atomic mass is 35.5. The van der Waals surface area contributed by atoms with Crippen molar-refractivity contribution < 1.29 is 4.79 Å². The maximum Gasteiger partial charge on any atom is 0.227 e. The van der Waals surface area contributed by atoms with Crippen molar-refractivity contribution >= 4 is 34.8 Å². The molecule has 0 atom stereocenters. The Labute approximate surface area is 103 Å². The van der Waals surface area contributed by atoms with Crippen LogP contribution in [0.2, 0.25) is 10.4 Å². The summed E-state index contributed by atoms with van der Waals surface area (Å²) in [5.41, 5.74) is 0.419. The molecule has 1 amide bonds. The lowest BCUT2D eigenvalue weighted by Gasteiger charge is -2.10. The molecule has 16 heavy (non-hydrogen) atoms. The van der Waals surface area contributed by atoms with E-state index in [9.17, 15) is 4.79 Å². The second-order valence-corrected chi connectivity index (χ2v) is 4.51. The Morgan fingerprint density at radius 1 is 1.38 bits per heavy atom. The van der Waals surface area contributed by atoms with E-state index < -0.39 is 0 Å². The molecule has 0 bridgehead atoms. The zero-order chi connectivity index (χ0) is 11.5. The first-order valence-electron chi connectivity index (χ1n) is 5.15. The smallest absolute Gasteiger partial charge is 0.227 e. The Bertz CT molecular complexity index is 405. The number of hydrogen-bond donors (Lipinski definition) is 1. The minimum atomic E-state index is -0.00896. The van der Waals surface area contributed by atoms with Crippen LogP contribution in [0, 0.1) is 5.92 Å². The van der Waals surface area contributed by atoms with Crippen LogP contribution in [0.1, 0.15) is 25.7 Å². The Hall–Kier alpha value is -0.870. The largest absolute Gasteiger partial charge is 0.322 e. The summed E-state index contributed by atoms with van der Waals surface area (Å²) in [6.45, 7) is 0. The van der Waals surface area contributed by atoms with Crippen LogP contribution in [0.15, 0.2) is 6.20 Å². The lowest BCUT2D eigenvalue weighted by molar-refractivity contribution is -0.119. The first-order valence-corrected chi connectivity index (χ1v) is 5.91. The van der Waals surface area contributed by atoms with Gasteiger partial charge in [0.15, 0.2) is 5.15 Å². The zero-order valence-corrected chi connectivity index (χ0v) is 10.1. The monoisotopic (exact) mass is 259 g/mol. The summed E-state index contributed by atoms with van der Waals surface area (Å²) in [5.74, 6) is 0.0806. The maximum atomic E-state index is 11.8. The van der Waals surface area contributed by atoms with Gasteiger partial charge in [-0.2, -0.15) is 0 Å². The van der Waals surface area contributed by atoms with Crippen LogP contribution in [0.5, 0.6) is 0 Å². The van der Waals surface area contributed by atoms with E-state index in [0.717, 1.165) is 25.7 Å². The van der Waals surface area contributed by atoms with Gasteiger partial charge in [-0.3, -0.25) is 4.79 Å². The maximum absolute atomic E-state index is 11.8. The average molecular weight is 260 g/mol. The van der Waals surface area contributed by atoms with Crippen LogP contribution < -0.4 is 5.32 Å². The standard InChI is InChI=1S/C10H11Cl2N3O/c11-8-7(5-13-10(12)15-8)14-9(16)6-3-1-2-4-6/h5-6H,1-4H2,(H,14,16). The summed E-state index contributed by atoms with van der Waals surface area (Å²) in [6.07, 6.45) is 5.53. The number of anilines is 1. The minimum Gasteiger partial charge on any atom is -0.322 e. The molecular formula is C10H11Cl2N3O. The Kier molecular flexibility index (Phi) is 3.61. The summed E-state index contributed by atoms with van der Waals surface area (Å²) >= 11 is 11.4. The van der Waals surface area contributed by atoms with Crippen LogP contribution in [-0.4, -0.2) is 15.9 Å². The average Bonchev–Trinajstić information content (AvgIpc) is 2.75. The summed E-state index contributed by atoms with van der Waals surface area (Å²) in [6, 6.07) is 0. The van der Waals surface area contributed by atoms with Crippen molar-refractivity contribution in [1.29, 1.82) is 0 Å². The first kappa shape index (κ1) is 11.6. The van der Waals surface area contributed by atoms with Crippen LogP contribution in [0.25, 0.3) is 0 Å². The number of carbonyl (C=O) groups is 1. The highest BCUT2D eigenvalue weighted by molar-refractivity contribution is 6.34. The predicted molar refractivity (Wildman–Crippen MR) is 62.6 cm³/mol. The van der Waals surface area contributed by atoms with Gasteiger partial charge in [0, 0.05) is 5.92 Å². The van der Waals surface area contributed by atoms with Crippen molar-refractivity contribution in [2.45, 2.75) is 25.7 Å². The van der Waals surface area contributed by atoms with E-state index in [4.69, 9.17) is 23.2 Å². The number of aromatic nitrogens is 2. The van der Waals surface area contributed by atoms with Gasteiger partial charge in [-0.15, -0.1) is 0 Å². The quantitative estimate of drug-likeness (QED) is 0.657.